The number of hydrogen-bond donors (Lipinski definition) is 1. The van der Waals surface area contributed by atoms with Gasteiger partial charge < -0.3 is 14.6 Å². The number of amides is 1. The fraction of sp³-hybridized carbons (Fsp3) is 0.312. The molecule has 1 saturated carbocycles. The summed E-state index contributed by atoms with van der Waals surface area (Å²) >= 11 is 0. The monoisotopic (exact) mass is 300 g/mol. The van der Waals surface area contributed by atoms with Gasteiger partial charge in [0.25, 0.3) is 5.56 Å². The van der Waals surface area contributed by atoms with Crippen LogP contribution in [0, 0.1) is 11.8 Å². The van der Waals surface area contributed by atoms with Gasteiger partial charge in [0.1, 0.15) is 0 Å². The second-order valence-corrected chi connectivity index (χ2v) is 5.46. The second-order valence-electron chi connectivity index (χ2n) is 5.46. The SMILES string of the molecule is COC(=O)[C@@H]1C[C@H]1C(=O)Nc1cccc2c(=O)n(C)ccc12. The molecular weight excluding hydrogens is 284 g/mol. The van der Waals surface area contributed by atoms with Gasteiger partial charge in [0.2, 0.25) is 5.91 Å². The largest absolute Gasteiger partial charge is 0.469 e. The minimum atomic E-state index is -0.355. The zero-order valence-corrected chi connectivity index (χ0v) is 12.3. The van der Waals surface area contributed by atoms with Crippen molar-refractivity contribution in [2.75, 3.05) is 12.4 Å². The van der Waals surface area contributed by atoms with E-state index in [1.807, 2.05) is 0 Å². The highest BCUT2D eigenvalue weighted by Gasteiger charge is 2.49. The van der Waals surface area contributed by atoms with Gasteiger partial charge in [0.05, 0.1) is 18.9 Å². The van der Waals surface area contributed by atoms with Gasteiger partial charge in [-0.05, 0) is 24.6 Å². The zero-order valence-electron chi connectivity index (χ0n) is 12.3. The van der Waals surface area contributed by atoms with Crippen molar-refractivity contribution < 1.29 is 14.3 Å². The summed E-state index contributed by atoms with van der Waals surface area (Å²) in [5.74, 6) is -1.28. The summed E-state index contributed by atoms with van der Waals surface area (Å²) in [6, 6.07) is 6.98. The van der Waals surface area contributed by atoms with E-state index in [-0.39, 0.29) is 29.3 Å². The number of nitrogens with zero attached hydrogens (tertiary/aromatic N) is 1. The Morgan fingerprint density at radius 1 is 1.23 bits per heavy atom. The van der Waals surface area contributed by atoms with E-state index >= 15 is 0 Å². The Bertz CT molecular complexity index is 824. The van der Waals surface area contributed by atoms with Crippen LogP contribution in [0.1, 0.15) is 6.42 Å². The van der Waals surface area contributed by atoms with E-state index < -0.39 is 0 Å². The Balaban J connectivity index is 1.86. The molecule has 1 heterocycles. The number of pyridine rings is 1. The highest BCUT2D eigenvalue weighted by molar-refractivity contribution is 6.04. The van der Waals surface area contributed by atoms with Gasteiger partial charge in [0, 0.05) is 29.7 Å². The molecule has 1 aromatic carbocycles. The average molecular weight is 300 g/mol. The molecule has 0 unspecified atom stereocenters. The number of anilines is 1. The molecule has 1 aliphatic rings. The predicted molar refractivity (Wildman–Crippen MR) is 81.4 cm³/mol. The number of nitrogens with one attached hydrogen (secondary N) is 1. The number of fused-ring (bicyclic) bond motifs is 1. The molecule has 1 N–H and O–H groups in total. The van der Waals surface area contributed by atoms with Crippen molar-refractivity contribution >= 4 is 28.3 Å². The molecule has 22 heavy (non-hydrogen) atoms. The number of hydrogen-bond acceptors (Lipinski definition) is 4. The minimum absolute atomic E-state index is 0.118. The molecule has 114 valence electrons. The van der Waals surface area contributed by atoms with Gasteiger partial charge in [-0.3, -0.25) is 14.4 Å². The molecular formula is C16H16N2O4. The maximum absolute atomic E-state index is 12.2. The van der Waals surface area contributed by atoms with Crippen LogP contribution in [0.25, 0.3) is 10.8 Å². The van der Waals surface area contributed by atoms with Gasteiger partial charge in [-0.25, -0.2) is 0 Å². The van der Waals surface area contributed by atoms with Crippen LogP contribution in [-0.4, -0.2) is 23.6 Å². The molecule has 2 aromatic rings. The summed E-state index contributed by atoms with van der Waals surface area (Å²) in [5, 5.41) is 4.04. The molecule has 0 aliphatic heterocycles. The number of esters is 1. The van der Waals surface area contributed by atoms with E-state index in [4.69, 9.17) is 0 Å². The molecule has 1 amide bonds. The predicted octanol–water partition coefficient (Wildman–Crippen LogP) is 1.29. The maximum Gasteiger partial charge on any atom is 0.309 e. The Hall–Kier alpha value is -2.63. The molecule has 1 aliphatic carbocycles. The number of ether oxygens (including phenoxy) is 1. The molecule has 6 heteroatoms. The van der Waals surface area contributed by atoms with Crippen LogP contribution >= 0.6 is 0 Å². The molecule has 0 saturated heterocycles. The average Bonchev–Trinajstić information content (AvgIpc) is 3.31. The van der Waals surface area contributed by atoms with E-state index in [1.54, 1.807) is 37.5 Å². The van der Waals surface area contributed by atoms with Crippen molar-refractivity contribution in [2.24, 2.45) is 18.9 Å². The summed E-state index contributed by atoms with van der Waals surface area (Å²) in [7, 11) is 2.99. The van der Waals surface area contributed by atoms with Gasteiger partial charge in [-0.15, -0.1) is 0 Å². The third kappa shape index (κ3) is 2.36. The van der Waals surface area contributed by atoms with E-state index in [2.05, 4.69) is 10.1 Å². The van der Waals surface area contributed by atoms with Gasteiger partial charge in [-0.2, -0.15) is 0 Å². The third-order valence-corrected chi connectivity index (χ3v) is 4.01. The van der Waals surface area contributed by atoms with Crippen molar-refractivity contribution in [3.05, 3.63) is 40.8 Å². The molecule has 3 rings (SSSR count). The number of aryl methyl sites for hydroxylation is 1. The van der Waals surface area contributed by atoms with E-state index in [1.165, 1.54) is 11.7 Å². The number of carbonyl (C=O) groups excluding carboxylic acids is 2. The third-order valence-electron chi connectivity index (χ3n) is 4.01. The summed E-state index contributed by atoms with van der Waals surface area (Å²) in [6.45, 7) is 0. The van der Waals surface area contributed by atoms with Gasteiger partial charge in [-0.1, -0.05) is 6.07 Å². The normalized spacial score (nSPS) is 19.7. The van der Waals surface area contributed by atoms with E-state index in [0.717, 1.165) is 0 Å². The fourth-order valence-corrected chi connectivity index (χ4v) is 2.61. The van der Waals surface area contributed by atoms with Crippen molar-refractivity contribution in [1.82, 2.24) is 4.57 Å². The maximum atomic E-state index is 12.2. The summed E-state index contributed by atoms with van der Waals surface area (Å²) in [4.78, 5) is 35.7. The number of rotatable bonds is 3. The Kier molecular flexibility index (Phi) is 3.44. The fourth-order valence-electron chi connectivity index (χ4n) is 2.61. The standard InChI is InChI=1S/C16H16N2O4/c1-18-7-6-9-10(15(18)20)4-3-5-13(9)17-14(19)11-8-12(11)16(21)22-2/h3-7,11-12H,8H2,1-2H3,(H,17,19)/t11-,12-/m1/s1. The first kappa shape index (κ1) is 14.3. The molecule has 0 radical (unpaired) electrons. The first-order valence-corrected chi connectivity index (χ1v) is 7.00. The van der Waals surface area contributed by atoms with Crippen LogP contribution < -0.4 is 10.9 Å². The van der Waals surface area contributed by atoms with Crippen LogP contribution in [0.4, 0.5) is 5.69 Å². The van der Waals surface area contributed by atoms with Gasteiger partial charge in [0.15, 0.2) is 0 Å². The van der Waals surface area contributed by atoms with Crippen molar-refractivity contribution in [3.8, 4) is 0 Å². The van der Waals surface area contributed by atoms with Crippen molar-refractivity contribution in [2.45, 2.75) is 6.42 Å². The van der Waals surface area contributed by atoms with Crippen LogP contribution in [0.3, 0.4) is 0 Å². The summed E-state index contributed by atoms with van der Waals surface area (Å²) in [6.07, 6.45) is 2.17. The molecule has 1 fully saturated rings. The van der Waals surface area contributed by atoms with Crippen LogP contribution in [0.2, 0.25) is 0 Å². The van der Waals surface area contributed by atoms with Crippen molar-refractivity contribution in [1.29, 1.82) is 0 Å². The number of methoxy groups -OCH3 is 1. The lowest BCUT2D eigenvalue weighted by atomic mass is 10.1. The Labute approximate surface area is 126 Å². The molecule has 0 bridgehead atoms. The lowest BCUT2D eigenvalue weighted by molar-refractivity contribution is -0.143. The first-order valence-electron chi connectivity index (χ1n) is 7.00. The first-order chi connectivity index (χ1) is 10.5. The lowest BCUT2D eigenvalue weighted by Crippen LogP contribution is -2.19. The second kappa shape index (κ2) is 5.29. The molecule has 1 aromatic heterocycles. The number of carbonyl (C=O) groups is 2. The zero-order chi connectivity index (χ0) is 15.9. The highest BCUT2D eigenvalue weighted by Crippen LogP contribution is 2.40. The minimum Gasteiger partial charge on any atom is -0.469 e. The number of aromatic nitrogens is 1. The molecule has 6 nitrogen and oxygen atoms in total. The smallest absolute Gasteiger partial charge is 0.309 e. The van der Waals surface area contributed by atoms with Crippen LogP contribution in [0.5, 0.6) is 0 Å². The van der Waals surface area contributed by atoms with Crippen LogP contribution in [-0.2, 0) is 21.4 Å². The molecule has 2 atom stereocenters. The highest BCUT2D eigenvalue weighted by atomic mass is 16.5. The van der Waals surface area contributed by atoms with Crippen molar-refractivity contribution in [3.63, 3.8) is 0 Å². The van der Waals surface area contributed by atoms with Gasteiger partial charge >= 0.3 is 5.97 Å². The topological polar surface area (TPSA) is 77.4 Å². The summed E-state index contributed by atoms with van der Waals surface area (Å²) < 4.78 is 6.13. The lowest BCUT2D eigenvalue weighted by Gasteiger charge is -2.09. The van der Waals surface area contributed by atoms with Crippen LogP contribution in [0.15, 0.2) is 35.3 Å². The Morgan fingerprint density at radius 2 is 2.00 bits per heavy atom. The quantitative estimate of drug-likeness (QED) is 0.866. The molecule has 0 spiro atoms. The van der Waals surface area contributed by atoms with E-state index in [9.17, 15) is 14.4 Å². The summed E-state index contributed by atoms with van der Waals surface area (Å²) in [5.41, 5.74) is 0.461. The number of benzene rings is 1. The van der Waals surface area contributed by atoms with E-state index in [0.29, 0.717) is 22.9 Å². The Morgan fingerprint density at radius 3 is 2.73 bits per heavy atom.